The molecule has 0 aliphatic heterocycles. The number of methoxy groups -OCH3 is 1. The minimum absolute atomic E-state index is 0.118. The van der Waals surface area contributed by atoms with Crippen LogP contribution >= 0.6 is 0 Å². The molecule has 0 aliphatic carbocycles. The van der Waals surface area contributed by atoms with E-state index in [0.29, 0.717) is 18.0 Å². The van der Waals surface area contributed by atoms with Gasteiger partial charge in [0, 0.05) is 13.1 Å². The van der Waals surface area contributed by atoms with Crippen molar-refractivity contribution in [2.45, 2.75) is 32.9 Å². The van der Waals surface area contributed by atoms with E-state index in [4.69, 9.17) is 9.47 Å². The molecule has 1 atom stereocenters. The molecule has 1 aromatic rings. The van der Waals surface area contributed by atoms with E-state index in [9.17, 15) is 4.79 Å². The Hall–Kier alpha value is -1.75. The molecule has 5 heteroatoms. The molecule has 0 fully saturated rings. The van der Waals surface area contributed by atoms with Crippen molar-refractivity contribution < 1.29 is 14.3 Å². The van der Waals surface area contributed by atoms with Gasteiger partial charge >= 0.3 is 0 Å². The number of hydrogen-bond acceptors (Lipinski definition) is 4. The van der Waals surface area contributed by atoms with Gasteiger partial charge in [-0.05, 0) is 38.1 Å². The Morgan fingerprint density at radius 1 is 1.35 bits per heavy atom. The van der Waals surface area contributed by atoms with Crippen molar-refractivity contribution in [3.05, 3.63) is 23.8 Å². The van der Waals surface area contributed by atoms with Crippen LogP contribution in [0, 0.1) is 0 Å². The summed E-state index contributed by atoms with van der Waals surface area (Å²) in [7, 11) is 3.47. The van der Waals surface area contributed by atoms with Gasteiger partial charge in [-0.3, -0.25) is 4.79 Å². The van der Waals surface area contributed by atoms with Crippen LogP contribution in [0.4, 0.5) is 0 Å². The van der Waals surface area contributed by atoms with Crippen LogP contribution in [0.1, 0.15) is 25.8 Å². The molecule has 0 saturated heterocycles. The van der Waals surface area contributed by atoms with E-state index in [1.54, 1.807) is 14.0 Å². The van der Waals surface area contributed by atoms with E-state index < -0.39 is 6.10 Å². The summed E-state index contributed by atoms with van der Waals surface area (Å²) in [5.74, 6) is 1.09. The maximum atomic E-state index is 11.8. The van der Waals surface area contributed by atoms with E-state index in [1.807, 2.05) is 32.2 Å². The Bertz CT molecular complexity index is 435. The smallest absolute Gasteiger partial charge is 0.260 e. The fourth-order valence-corrected chi connectivity index (χ4v) is 1.76. The molecule has 5 nitrogen and oxygen atoms in total. The van der Waals surface area contributed by atoms with Crippen molar-refractivity contribution in [2.75, 3.05) is 20.7 Å². The summed E-state index contributed by atoms with van der Waals surface area (Å²) in [6.45, 7) is 5.13. The zero-order chi connectivity index (χ0) is 15.0. The minimum Gasteiger partial charge on any atom is -0.493 e. The molecule has 20 heavy (non-hydrogen) atoms. The molecule has 1 unspecified atom stereocenters. The fourth-order valence-electron chi connectivity index (χ4n) is 1.76. The van der Waals surface area contributed by atoms with Gasteiger partial charge in [0.2, 0.25) is 0 Å². The molecule has 0 aromatic heterocycles. The second-order valence-corrected chi connectivity index (χ2v) is 4.57. The number of amides is 1. The number of carbonyl (C=O) groups excluding carboxylic acids is 1. The lowest BCUT2D eigenvalue weighted by Crippen LogP contribution is -2.36. The van der Waals surface area contributed by atoms with E-state index in [2.05, 4.69) is 10.6 Å². The third-order valence-corrected chi connectivity index (χ3v) is 2.83. The predicted molar refractivity (Wildman–Crippen MR) is 79.1 cm³/mol. The maximum absolute atomic E-state index is 11.8. The lowest BCUT2D eigenvalue weighted by Gasteiger charge is -2.17. The van der Waals surface area contributed by atoms with Gasteiger partial charge in [-0.15, -0.1) is 0 Å². The van der Waals surface area contributed by atoms with Crippen LogP contribution < -0.4 is 20.1 Å². The first-order chi connectivity index (χ1) is 9.62. The predicted octanol–water partition coefficient (Wildman–Crippen LogP) is 1.71. The van der Waals surface area contributed by atoms with Crippen LogP contribution in [0.25, 0.3) is 0 Å². The van der Waals surface area contributed by atoms with Crippen LogP contribution in [0.5, 0.6) is 11.5 Å². The molecular formula is C15H24N2O3. The molecule has 1 rings (SSSR count). The normalized spacial score (nSPS) is 11.8. The Kier molecular flexibility index (Phi) is 6.87. The summed E-state index contributed by atoms with van der Waals surface area (Å²) >= 11 is 0. The Balaban J connectivity index is 2.78. The zero-order valence-corrected chi connectivity index (χ0v) is 12.7. The van der Waals surface area contributed by atoms with Gasteiger partial charge in [0.05, 0.1) is 7.11 Å². The number of carbonyl (C=O) groups is 1. The van der Waals surface area contributed by atoms with Crippen LogP contribution in [0.15, 0.2) is 18.2 Å². The summed E-state index contributed by atoms with van der Waals surface area (Å²) in [6, 6.07) is 5.70. The molecule has 0 bridgehead atoms. The van der Waals surface area contributed by atoms with Gasteiger partial charge in [0.1, 0.15) is 0 Å². The van der Waals surface area contributed by atoms with Crippen molar-refractivity contribution in [3.8, 4) is 11.5 Å². The Morgan fingerprint density at radius 2 is 2.10 bits per heavy atom. The van der Waals surface area contributed by atoms with Crippen molar-refractivity contribution in [1.82, 2.24) is 10.6 Å². The van der Waals surface area contributed by atoms with Gasteiger partial charge in [-0.2, -0.15) is 0 Å². The third-order valence-electron chi connectivity index (χ3n) is 2.83. The molecule has 0 saturated carbocycles. The second-order valence-electron chi connectivity index (χ2n) is 4.57. The molecule has 1 aromatic carbocycles. The van der Waals surface area contributed by atoms with Gasteiger partial charge in [-0.25, -0.2) is 0 Å². The average Bonchev–Trinajstić information content (AvgIpc) is 2.45. The first kappa shape index (κ1) is 16.3. The fraction of sp³-hybridized carbons (Fsp3) is 0.533. The van der Waals surface area contributed by atoms with E-state index >= 15 is 0 Å². The number of ether oxygens (including phenoxy) is 2. The molecule has 2 N–H and O–H groups in total. The summed E-state index contributed by atoms with van der Waals surface area (Å²) in [6.07, 6.45) is 0.347. The lowest BCUT2D eigenvalue weighted by molar-refractivity contribution is -0.127. The standard InChI is InChI=1S/C15H24N2O3/c1-5-8-17-15(18)11(2)20-14-9-12(10-16-3)6-7-13(14)19-4/h6-7,9,11,16H,5,8,10H2,1-4H3,(H,17,18). The van der Waals surface area contributed by atoms with E-state index in [-0.39, 0.29) is 5.91 Å². The van der Waals surface area contributed by atoms with Crippen LogP contribution in [0.3, 0.4) is 0 Å². The van der Waals surface area contributed by atoms with Gasteiger partial charge < -0.3 is 20.1 Å². The Labute approximate surface area is 120 Å². The Morgan fingerprint density at radius 3 is 2.70 bits per heavy atom. The molecule has 112 valence electrons. The monoisotopic (exact) mass is 280 g/mol. The summed E-state index contributed by atoms with van der Waals surface area (Å²) in [5.41, 5.74) is 1.07. The lowest BCUT2D eigenvalue weighted by atomic mass is 10.2. The summed E-state index contributed by atoms with van der Waals surface area (Å²) < 4.78 is 11.0. The molecule has 0 spiro atoms. The number of nitrogens with one attached hydrogen (secondary N) is 2. The largest absolute Gasteiger partial charge is 0.493 e. The first-order valence-corrected chi connectivity index (χ1v) is 6.88. The molecule has 0 heterocycles. The van der Waals surface area contributed by atoms with Crippen molar-refractivity contribution in [3.63, 3.8) is 0 Å². The van der Waals surface area contributed by atoms with Crippen molar-refractivity contribution in [2.24, 2.45) is 0 Å². The average molecular weight is 280 g/mol. The van der Waals surface area contributed by atoms with Gasteiger partial charge in [-0.1, -0.05) is 13.0 Å². The van der Waals surface area contributed by atoms with Crippen LogP contribution in [-0.4, -0.2) is 32.7 Å². The van der Waals surface area contributed by atoms with Crippen LogP contribution in [-0.2, 0) is 11.3 Å². The van der Waals surface area contributed by atoms with Crippen molar-refractivity contribution in [1.29, 1.82) is 0 Å². The highest BCUT2D eigenvalue weighted by Crippen LogP contribution is 2.29. The van der Waals surface area contributed by atoms with E-state index in [1.165, 1.54) is 0 Å². The van der Waals surface area contributed by atoms with Gasteiger partial charge in [0.25, 0.3) is 5.91 Å². The zero-order valence-electron chi connectivity index (χ0n) is 12.7. The number of hydrogen-bond donors (Lipinski definition) is 2. The molecule has 1 amide bonds. The highest BCUT2D eigenvalue weighted by atomic mass is 16.5. The number of benzene rings is 1. The third kappa shape index (κ3) is 4.74. The molecule has 0 radical (unpaired) electrons. The SMILES string of the molecule is CCCNC(=O)C(C)Oc1cc(CNC)ccc1OC. The van der Waals surface area contributed by atoms with E-state index in [0.717, 1.165) is 18.5 Å². The topological polar surface area (TPSA) is 59.6 Å². The quantitative estimate of drug-likeness (QED) is 0.761. The minimum atomic E-state index is -0.555. The number of rotatable bonds is 8. The highest BCUT2D eigenvalue weighted by molar-refractivity contribution is 5.80. The molecule has 0 aliphatic rings. The van der Waals surface area contributed by atoms with Gasteiger partial charge in [0.15, 0.2) is 17.6 Å². The first-order valence-electron chi connectivity index (χ1n) is 6.88. The second kappa shape index (κ2) is 8.43. The summed E-state index contributed by atoms with van der Waals surface area (Å²) in [4.78, 5) is 11.8. The highest BCUT2D eigenvalue weighted by Gasteiger charge is 2.16. The summed E-state index contributed by atoms with van der Waals surface area (Å²) in [5, 5.41) is 5.89. The van der Waals surface area contributed by atoms with Crippen LogP contribution in [0.2, 0.25) is 0 Å². The van der Waals surface area contributed by atoms with Crippen molar-refractivity contribution >= 4 is 5.91 Å². The maximum Gasteiger partial charge on any atom is 0.260 e. The molecular weight excluding hydrogens is 256 g/mol.